The zero-order valence-electron chi connectivity index (χ0n) is 24.4. The van der Waals surface area contributed by atoms with Gasteiger partial charge in [0.1, 0.15) is 29.8 Å². The van der Waals surface area contributed by atoms with Crippen LogP contribution in [0, 0.1) is 5.82 Å². The number of carbonyl (C=O) groups is 1. The SMILES string of the molecule is C=CC(=O)N1CC[C@@H](Nc2nc(OC[C@@]34CCCN3C[C@H](F)C4)nc3c(F)c(-c4cccc5cccc(Cl)c45)ncc23)[C@H]1C. The van der Waals surface area contributed by atoms with Gasteiger partial charge in [-0.15, -0.1) is 0 Å². The van der Waals surface area contributed by atoms with Crippen molar-refractivity contribution in [3.05, 3.63) is 66.1 Å². The number of nitrogens with zero attached hydrogens (tertiary/aromatic N) is 5. The number of pyridine rings is 1. The van der Waals surface area contributed by atoms with E-state index in [1.165, 1.54) is 6.08 Å². The van der Waals surface area contributed by atoms with Crippen LogP contribution in [-0.4, -0.2) is 80.7 Å². The number of hydrogen-bond acceptors (Lipinski definition) is 7. The summed E-state index contributed by atoms with van der Waals surface area (Å²) in [6, 6.07) is 10.8. The topological polar surface area (TPSA) is 83.5 Å². The molecule has 3 saturated heterocycles. The van der Waals surface area contributed by atoms with Crippen molar-refractivity contribution in [1.82, 2.24) is 24.8 Å². The molecule has 0 spiro atoms. The van der Waals surface area contributed by atoms with Crippen LogP contribution in [0.4, 0.5) is 14.6 Å². The molecular weight excluding hydrogens is 586 g/mol. The van der Waals surface area contributed by atoms with E-state index >= 15 is 4.39 Å². The summed E-state index contributed by atoms with van der Waals surface area (Å²) >= 11 is 6.57. The Hall–Kier alpha value is -3.89. The van der Waals surface area contributed by atoms with Crippen molar-refractivity contribution in [1.29, 1.82) is 0 Å². The number of rotatable bonds is 7. The molecule has 0 aliphatic carbocycles. The third-order valence-electron chi connectivity index (χ3n) is 9.54. The normalized spacial score (nSPS) is 25.1. The second kappa shape index (κ2) is 11.2. The molecule has 4 atom stereocenters. The molecule has 3 aliphatic heterocycles. The third kappa shape index (κ3) is 4.84. The molecule has 7 rings (SSSR count). The van der Waals surface area contributed by atoms with Gasteiger partial charge in [-0.25, -0.2) is 8.78 Å². The number of likely N-dealkylation sites (tertiary alicyclic amines) is 1. The van der Waals surface area contributed by atoms with Crippen LogP contribution in [0.1, 0.15) is 32.6 Å². The number of fused-ring (bicyclic) bond motifs is 3. The van der Waals surface area contributed by atoms with E-state index in [4.69, 9.17) is 16.3 Å². The monoisotopic (exact) mass is 618 g/mol. The highest BCUT2D eigenvalue weighted by molar-refractivity contribution is 6.36. The molecule has 1 amide bonds. The van der Waals surface area contributed by atoms with E-state index in [1.807, 2.05) is 31.2 Å². The number of nitrogens with one attached hydrogen (secondary N) is 1. The fraction of sp³-hybridized carbons (Fsp3) is 0.394. The summed E-state index contributed by atoms with van der Waals surface area (Å²) < 4.78 is 37.2. The lowest BCUT2D eigenvalue weighted by Gasteiger charge is -2.31. The van der Waals surface area contributed by atoms with Gasteiger partial charge in [-0.1, -0.05) is 48.5 Å². The molecule has 2 aromatic heterocycles. The van der Waals surface area contributed by atoms with Gasteiger partial charge in [-0.05, 0) is 50.3 Å². The smallest absolute Gasteiger partial charge is 0.319 e. The van der Waals surface area contributed by atoms with Crippen molar-refractivity contribution >= 4 is 45.0 Å². The van der Waals surface area contributed by atoms with E-state index in [9.17, 15) is 9.18 Å². The largest absolute Gasteiger partial charge is 0.461 e. The maximum absolute atomic E-state index is 16.6. The Bertz CT molecular complexity index is 1780. The van der Waals surface area contributed by atoms with Gasteiger partial charge in [0, 0.05) is 53.8 Å². The van der Waals surface area contributed by atoms with Crippen LogP contribution in [0.3, 0.4) is 0 Å². The zero-order valence-corrected chi connectivity index (χ0v) is 25.2. The molecule has 0 saturated carbocycles. The lowest BCUT2D eigenvalue weighted by atomic mass is 9.95. The molecule has 228 valence electrons. The number of ether oxygens (including phenoxy) is 1. The molecule has 2 aromatic carbocycles. The molecule has 44 heavy (non-hydrogen) atoms. The molecule has 3 aliphatic rings. The number of anilines is 1. The average molecular weight is 619 g/mol. The molecule has 5 heterocycles. The highest BCUT2D eigenvalue weighted by Gasteiger charge is 2.49. The first kappa shape index (κ1) is 28.9. The Morgan fingerprint density at radius 2 is 2.07 bits per heavy atom. The van der Waals surface area contributed by atoms with Crippen LogP contribution in [0.2, 0.25) is 5.02 Å². The number of amides is 1. The van der Waals surface area contributed by atoms with Crippen LogP contribution < -0.4 is 10.1 Å². The van der Waals surface area contributed by atoms with Crippen LogP contribution in [0.15, 0.2) is 55.3 Å². The fourth-order valence-electron chi connectivity index (χ4n) is 7.28. The second-order valence-electron chi connectivity index (χ2n) is 12.1. The molecule has 0 bridgehead atoms. The summed E-state index contributed by atoms with van der Waals surface area (Å²) in [6.45, 7) is 7.55. The van der Waals surface area contributed by atoms with Gasteiger partial charge in [-0.2, -0.15) is 9.97 Å². The maximum atomic E-state index is 16.6. The van der Waals surface area contributed by atoms with Crippen molar-refractivity contribution in [2.75, 3.05) is 31.6 Å². The second-order valence-corrected chi connectivity index (χ2v) is 12.5. The third-order valence-corrected chi connectivity index (χ3v) is 9.85. The molecule has 3 fully saturated rings. The first-order chi connectivity index (χ1) is 21.3. The minimum atomic E-state index is -0.905. The van der Waals surface area contributed by atoms with Crippen molar-refractivity contribution in [3.63, 3.8) is 0 Å². The molecule has 0 unspecified atom stereocenters. The molecule has 4 aromatic rings. The Balaban J connectivity index is 1.31. The van der Waals surface area contributed by atoms with Gasteiger partial charge in [0.05, 0.1) is 10.9 Å². The summed E-state index contributed by atoms with van der Waals surface area (Å²) in [7, 11) is 0. The standard InChI is InChI=1S/C33H33ClF2N6O2/c1-3-26(43)42-14-11-25(19(42)2)38-31-23-16-37-29(22-9-4-7-20-8-5-10-24(34)27(20)22)28(36)30(23)39-32(40-31)44-18-33-12-6-13-41(33)17-21(35)15-33/h3-5,7-10,16,19,21,25H,1,6,11-15,17-18H2,2H3,(H,38,39,40)/t19-,21-,25-,33+/m1/s1. The molecule has 11 heteroatoms. The Kier molecular flexibility index (Phi) is 7.37. The summed E-state index contributed by atoms with van der Waals surface area (Å²) in [6.07, 6.45) is 4.81. The average Bonchev–Trinajstić information content (AvgIpc) is 3.67. The zero-order chi connectivity index (χ0) is 30.6. The van der Waals surface area contributed by atoms with Gasteiger partial charge < -0.3 is 15.0 Å². The number of aromatic nitrogens is 3. The van der Waals surface area contributed by atoms with Gasteiger partial charge in [0.2, 0.25) is 5.91 Å². The highest BCUT2D eigenvalue weighted by atomic mass is 35.5. The van der Waals surface area contributed by atoms with Gasteiger partial charge in [-0.3, -0.25) is 14.7 Å². The molecule has 1 N–H and O–H groups in total. The van der Waals surface area contributed by atoms with Crippen LogP contribution in [0.5, 0.6) is 6.01 Å². The van der Waals surface area contributed by atoms with Crippen LogP contribution in [0.25, 0.3) is 32.9 Å². The van der Waals surface area contributed by atoms with E-state index in [-0.39, 0.29) is 41.8 Å². The predicted molar refractivity (Wildman–Crippen MR) is 167 cm³/mol. The number of carbonyl (C=O) groups excluding carboxylic acids is 1. The Labute approximate surface area is 259 Å². The van der Waals surface area contributed by atoms with Crippen molar-refractivity contribution in [2.45, 2.75) is 56.4 Å². The van der Waals surface area contributed by atoms with Crippen molar-refractivity contribution in [3.8, 4) is 17.3 Å². The number of alkyl halides is 1. The quantitative estimate of drug-likeness (QED) is 0.248. The van der Waals surface area contributed by atoms with Gasteiger partial charge in [0.25, 0.3) is 0 Å². The van der Waals surface area contributed by atoms with E-state index in [1.54, 1.807) is 23.2 Å². The fourth-order valence-corrected chi connectivity index (χ4v) is 7.56. The number of halogens is 3. The van der Waals surface area contributed by atoms with Crippen molar-refractivity contribution < 1.29 is 18.3 Å². The summed E-state index contributed by atoms with van der Waals surface area (Å²) in [4.78, 5) is 30.1. The lowest BCUT2D eigenvalue weighted by Crippen LogP contribution is -2.43. The van der Waals surface area contributed by atoms with Gasteiger partial charge >= 0.3 is 6.01 Å². The van der Waals surface area contributed by atoms with E-state index in [2.05, 4.69) is 31.7 Å². The predicted octanol–water partition coefficient (Wildman–Crippen LogP) is 6.18. The summed E-state index contributed by atoms with van der Waals surface area (Å²) in [5, 5.41) is 5.86. The van der Waals surface area contributed by atoms with Crippen LogP contribution in [-0.2, 0) is 4.79 Å². The van der Waals surface area contributed by atoms with Gasteiger partial charge in [0.15, 0.2) is 5.82 Å². The Morgan fingerprint density at radius 3 is 2.89 bits per heavy atom. The first-order valence-electron chi connectivity index (χ1n) is 15.0. The number of hydrogen-bond donors (Lipinski definition) is 1. The lowest BCUT2D eigenvalue weighted by molar-refractivity contribution is -0.126. The van der Waals surface area contributed by atoms with Crippen molar-refractivity contribution in [2.24, 2.45) is 0 Å². The van der Waals surface area contributed by atoms with Crippen LogP contribution >= 0.6 is 11.6 Å². The maximum Gasteiger partial charge on any atom is 0.319 e. The minimum Gasteiger partial charge on any atom is -0.461 e. The summed E-state index contributed by atoms with van der Waals surface area (Å²) in [5.74, 6) is -0.412. The van der Waals surface area contributed by atoms with E-state index in [0.29, 0.717) is 53.1 Å². The Morgan fingerprint density at radius 1 is 1.25 bits per heavy atom. The summed E-state index contributed by atoms with van der Waals surface area (Å²) in [5.41, 5.74) is 0.289. The minimum absolute atomic E-state index is 0.000194. The molecular formula is C33H33ClF2N6O2. The molecule has 0 radical (unpaired) electrons. The van der Waals surface area contributed by atoms with E-state index < -0.39 is 17.5 Å². The number of benzene rings is 2. The van der Waals surface area contributed by atoms with E-state index in [0.717, 1.165) is 24.8 Å². The highest BCUT2D eigenvalue weighted by Crippen LogP contribution is 2.41. The molecule has 8 nitrogen and oxygen atoms in total. The first-order valence-corrected chi connectivity index (χ1v) is 15.4.